The van der Waals surface area contributed by atoms with Crippen molar-refractivity contribution in [1.82, 2.24) is 4.90 Å². The van der Waals surface area contributed by atoms with Crippen LogP contribution in [0.5, 0.6) is 0 Å². The van der Waals surface area contributed by atoms with Gasteiger partial charge in [-0.1, -0.05) is 11.6 Å². The Morgan fingerprint density at radius 3 is 2.82 bits per heavy atom. The summed E-state index contributed by atoms with van der Waals surface area (Å²) in [5, 5.41) is 1.35. The number of hydrogen-bond acceptors (Lipinski definition) is 4. The summed E-state index contributed by atoms with van der Waals surface area (Å²) in [6.45, 7) is 1.99. The van der Waals surface area contributed by atoms with E-state index in [9.17, 15) is 9.59 Å². The number of nitrogens with zero attached hydrogens (tertiary/aromatic N) is 1. The van der Waals surface area contributed by atoms with Crippen molar-refractivity contribution in [3.8, 4) is 0 Å². The summed E-state index contributed by atoms with van der Waals surface area (Å²) < 4.78 is 10.5. The quantitative estimate of drug-likeness (QED) is 0.793. The Hall–Kier alpha value is -2.01. The molecule has 1 aliphatic rings. The Morgan fingerprint density at radius 1 is 1.36 bits per heavy atom. The van der Waals surface area contributed by atoms with Gasteiger partial charge in [-0.25, -0.2) is 0 Å². The molecule has 0 N–H and O–H groups in total. The molecule has 6 heteroatoms. The Bertz CT molecular complexity index is 720. The normalized spacial score (nSPS) is 14.1. The van der Waals surface area contributed by atoms with E-state index in [-0.39, 0.29) is 24.3 Å². The minimum atomic E-state index is -0.401. The van der Waals surface area contributed by atoms with Gasteiger partial charge >= 0.3 is 5.97 Å². The van der Waals surface area contributed by atoms with E-state index in [2.05, 4.69) is 0 Å². The second kappa shape index (κ2) is 6.01. The smallest absolute Gasteiger partial charge is 0.325 e. The van der Waals surface area contributed by atoms with E-state index in [0.29, 0.717) is 17.2 Å². The van der Waals surface area contributed by atoms with Crippen molar-refractivity contribution < 1.29 is 18.7 Å². The minimum absolute atomic E-state index is 0.0465. The molecule has 1 fully saturated rings. The number of ether oxygens (including phenoxy) is 1. The van der Waals surface area contributed by atoms with E-state index >= 15 is 0 Å². The third kappa shape index (κ3) is 3.09. The summed E-state index contributed by atoms with van der Waals surface area (Å²) in [5.74, 6) is -0.474. The number of carbonyl (C=O) groups is 2. The summed E-state index contributed by atoms with van der Waals surface area (Å²) >= 11 is 5.94. The van der Waals surface area contributed by atoms with E-state index < -0.39 is 5.97 Å². The lowest BCUT2D eigenvalue weighted by molar-refractivity contribution is -0.144. The molecule has 2 aromatic rings. The fourth-order valence-corrected chi connectivity index (χ4v) is 2.54. The Kier molecular flexibility index (Phi) is 4.07. The van der Waals surface area contributed by atoms with Crippen LogP contribution < -0.4 is 0 Å². The zero-order valence-electron chi connectivity index (χ0n) is 12.2. The van der Waals surface area contributed by atoms with Crippen LogP contribution in [0.3, 0.4) is 0 Å². The van der Waals surface area contributed by atoms with Gasteiger partial charge in [-0.3, -0.25) is 9.59 Å². The molecule has 1 aromatic heterocycles. The molecule has 0 spiro atoms. The van der Waals surface area contributed by atoms with Crippen molar-refractivity contribution in [1.29, 1.82) is 0 Å². The molecule has 1 aromatic carbocycles. The van der Waals surface area contributed by atoms with Crippen LogP contribution in [0.25, 0.3) is 11.0 Å². The first-order chi connectivity index (χ1) is 10.6. The summed E-state index contributed by atoms with van der Waals surface area (Å²) in [6.07, 6.45) is 1.80. The molecule has 0 aliphatic heterocycles. The number of hydrogen-bond donors (Lipinski definition) is 0. The molecule has 0 saturated heterocycles. The maximum atomic E-state index is 12.6. The van der Waals surface area contributed by atoms with Crippen LogP contribution in [-0.2, 0) is 9.53 Å². The number of esters is 1. The molecular weight excluding hydrogens is 306 g/mol. The molecule has 1 amide bonds. The second-order valence-corrected chi connectivity index (χ2v) is 5.70. The van der Waals surface area contributed by atoms with Gasteiger partial charge in [0.15, 0.2) is 5.76 Å². The van der Waals surface area contributed by atoms with Crippen LogP contribution >= 0.6 is 11.6 Å². The van der Waals surface area contributed by atoms with Crippen molar-refractivity contribution in [3.63, 3.8) is 0 Å². The van der Waals surface area contributed by atoms with Gasteiger partial charge in [0.2, 0.25) is 0 Å². The molecule has 22 heavy (non-hydrogen) atoms. The molecular formula is C16H16ClNO4. The SMILES string of the molecule is CCOC(=O)CN(C(=O)c1cc2cc(Cl)ccc2o1)C1CC1. The molecule has 0 radical (unpaired) electrons. The number of halogens is 1. The highest BCUT2D eigenvalue weighted by atomic mass is 35.5. The third-order valence-corrected chi connectivity index (χ3v) is 3.78. The first-order valence-corrected chi connectivity index (χ1v) is 7.62. The number of benzene rings is 1. The molecule has 1 aliphatic carbocycles. The van der Waals surface area contributed by atoms with Crippen LogP contribution in [0.2, 0.25) is 5.02 Å². The summed E-state index contributed by atoms with van der Waals surface area (Å²) in [4.78, 5) is 25.8. The molecule has 0 bridgehead atoms. The fraction of sp³-hybridized carbons (Fsp3) is 0.375. The van der Waals surface area contributed by atoms with Gasteiger partial charge in [-0.15, -0.1) is 0 Å². The van der Waals surface area contributed by atoms with E-state index in [1.165, 1.54) is 4.90 Å². The summed E-state index contributed by atoms with van der Waals surface area (Å²) in [6, 6.07) is 6.92. The topological polar surface area (TPSA) is 59.8 Å². The lowest BCUT2D eigenvalue weighted by atomic mass is 10.2. The second-order valence-electron chi connectivity index (χ2n) is 5.26. The highest BCUT2D eigenvalue weighted by molar-refractivity contribution is 6.31. The van der Waals surface area contributed by atoms with Crippen LogP contribution in [0.4, 0.5) is 0 Å². The lowest BCUT2D eigenvalue weighted by Crippen LogP contribution is -2.38. The Labute approximate surface area is 132 Å². The van der Waals surface area contributed by atoms with Crippen molar-refractivity contribution in [2.24, 2.45) is 0 Å². The van der Waals surface area contributed by atoms with Crippen LogP contribution in [-0.4, -0.2) is 36.0 Å². The molecule has 3 rings (SSSR count). The molecule has 0 unspecified atom stereocenters. The minimum Gasteiger partial charge on any atom is -0.465 e. The summed E-state index contributed by atoms with van der Waals surface area (Å²) in [7, 11) is 0. The number of amides is 1. The van der Waals surface area contributed by atoms with Gasteiger partial charge in [-0.05, 0) is 44.0 Å². The fourth-order valence-electron chi connectivity index (χ4n) is 2.36. The zero-order chi connectivity index (χ0) is 15.7. The average Bonchev–Trinajstić information content (AvgIpc) is 3.23. The van der Waals surface area contributed by atoms with Gasteiger partial charge in [-0.2, -0.15) is 0 Å². The predicted molar refractivity (Wildman–Crippen MR) is 81.9 cm³/mol. The van der Waals surface area contributed by atoms with Gasteiger partial charge < -0.3 is 14.1 Å². The first kappa shape index (κ1) is 14.9. The van der Waals surface area contributed by atoms with E-state index in [1.807, 2.05) is 0 Å². The largest absolute Gasteiger partial charge is 0.465 e. The number of carbonyl (C=O) groups excluding carboxylic acids is 2. The predicted octanol–water partition coefficient (Wildman–Crippen LogP) is 3.25. The Morgan fingerprint density at radius 2 is 2.14 bits per heavy atom. The van der Waals surface area contributed by atoms with Crippen LogP contribution in [0.15, 0.2) is 28.7 Å². The third-order valence-electron chi connectivity index (χ3n) is 3.54. The number of furan rings is 1. The van der Waals surface area contributed by atoms with Crippen LogP contribution in [0, 0.1) is 0 Å². The van der Waals surface area contributed by atoms with Crippen LogP contribution in [0.1, 0.15) is 30.3 Å². The number of rotatable bonds is 5. The molecule has 5 nitrogen and oxygen atoms in total. The lowest BCUT2D eigenvalue weighted by Gasteiger charge is -2.19. The Balaban J connectivity index is 1.83. The average molecular weight is 322 g/mol. The standard InChI is InChI=1S/C16H16ClNO4/c1-2-21-15(19)9-18(12-4-5-12)16(20)14-8-10-7-11(17)3-6-13(10)22-14/h3,6-8,12H,2,4-5,9H2,1H3. The van der Waals surface area contributed by atoms with Crippen molar-refractivity contribution in [3.05, 3.63) is 35.0 Å². The summed E-state index contributed by atoms with van der Waals surface area (Å²) in [5.41, 5.74) is 0.597. The number of fused-ring (bicyclic) bond motifs is 1. The highest BCUT2D eigenvalue weighted by Crippen LogP contribution is 2.30. The van der Waals surface area contributed by atoms with Gasteiger partial charge in [0.1, 0.15) is 12.1 Å². The molecule has 1 saturated carbocycles. The van der Waals surface area contributed by atoms with E-state index in [4.69, 9.17) is 20.8 Å². The molecule has 1 heterocycles. The zero-order valence-corrected chi connectivity index (χ0v) is 12.9. The van der Waals surface area contributed by atoms with Crippen molar-refractivity contribution in [2.45, 2.75) is 25.8 Å². The first-order valence-electron chi connectivity index (χ1n) is 7.24. The van der Waals surface area contributed by atoms with Crippen molar-refractivity contribution >= 4 is 34.4 Å². The molecule has 116 valence electrons. The van der Waals surface area contributed by atoms with E-state index in [0.717, 1.165) is 18.2 Å². The van der Waals surface area contributed by atoms with Gasteiger partial charge in [0.05, 0.1) is 6.61 Å². The molecule has 0 atom stereocenters. The maximum Gasteiger partial charge on any atom is 0.325 e. The highest BCUT2D eigenvalue weighted by Gasteiger charge is 2.36. The van der Waals surface area contributed by atoms with Gasteiger partial charge in [0, 0.05) is 16.5 Å². The maximum absolute atomic E-state index is 12.6. The van der Waals surface area contributed by atoms with Crippen molar-refractivity contribution in [2.75, 3.05) is 13.2 Å². The monoisotopic (exact) mass is 321 g/mol. The van der Waals surface area contributed by atoms with E-state index in [1.54, 1.807) is 31.2 Å². The van der Waals surface area contributed by atoms with Gasteiger partial charge in [0.25, 0.3) is 5.91 Å².